The first-order valence-corrected chi connectivity index (χ1v) is 7.38. The van der Waals surface area contributed by atoms with E-state index >= 15 is 0 Å². The largest absolute Gasteiger partial charge is 0.416 e. The van der Waals surface area contributed by atoms with Gasteiger partial charge in [-0.2, -0.15) is 13.2 Å². The predicted molar refractivity (Wildman–Crippen MR) is 69.6 cm³/mol. The number of nitrogens with zero attached hydrogens (tertiary/aromatic N) is 2. The zero-order valence-electron chi connectivity index (χ0n) is 11.4. The van der Waals surface area contributed by atoms with Crippen LogP contribution in [-0.2, 0) is 16.2 Å². The molecule has 0 saturated carbocycles. The second-order valence-corrected chi connectivity index (χ2v) is 6.35. The van der Waals surface area contributed by atoms with Gasteiger partial charge in [0.15, 0.2) is 4.90 Å². The summed E-state index contributed by atoms with van der Waals surface area (Å²) in [4.78, 5) is 8.89. The number of halogens is 3. The highest BCUT2D eigenvalue weighted by Crippen LogP contribution is 2.35. The monoisotopic (exact) mass is 342 g/mol. The molecule has 0 atom stereocenters. The summed E-state index contributed by atoms with van der Waals surface area (Å²) in [6.45, 7) is -0.425. The summed E-state index contributed by atoms with van der Waals surface area (Å²) in [5, 5.41) is 19.6. The summed E-state index contributed by atoms with van der Waals surface area (Å²) in [6, 6.07) is 1.22. The van der Waals surface area contributed by atoms with Crippen molar-refractivity contribution in [3.8, 4) is 0 Å². The average molecular weight is 342 g/mol. The molecular formula is C11H13F3N2O5S. The summed E-state index contributed by atoms with van der Waals surface area (Å²) in [5.41, 5.74) is -2.46. The fourth-order valence-electron chi connectivity index (χ4n) is 1.64. The van der Waals surface area contributed by atoms with Crippen LogP contribution < -0.4 is 0 Å². The smallest absolute Gasteiger partial charge is 0.396 e. The molecule has 124 valence electrons. The van der Waals surface area contributed by atoms with E-state index in [1.165, 1.54) is 0 Å². The van der Waals surface area contributed by atoms with Gasteiger partial charge >= 0.3 is 6.18 Å². The Kier molecular flexibility index (Phi) is 5.49. The predicted octanol–water partition coefficient (Wildman–Crippen LogP) is 1.62. The van der Waals surface area contributed by atoms with E-state index in [1.807, 2.05) is 0 Å². The van der Waals surface area contributed by atoms with Crippen LogP contribution >= 0.6 is 0 Å². The van der Waals surface area contributed by atoms with Gasteiger partial charge in [-0.3, -0.25) is 10.1 Å². The number of nitro groups is 1. The molecule has 11 heteroatoms. The molecule has 0 aliphatic carbocycles. The number of sulfonamides is 1. The molecule has 0 spiro atoms. The maximum absolute atomic E-state index is 12.6. The topological polar surface area (TPSA) is 101 Å². The van der Waals surface area contributed by atoms with Crippen molar-refractivity contribution >= 4 is 15.7 Å². The molecule has 1 N–H and O–H groups in total. The number of aliphatic hydroxyl groups excluding tert-OH is 1. The molecule has 1 aromatic carbocycles. The van der Waals surface area contributed by atoms with E-state index in [1.54, 1.807) is 0 Å². The van der Waals surface area contributed by atoms with Gasteiger partial charge < -0.3 is 5.11 Å². The van der Waals surface area contributed by atoms with Crippen LogP contribution in [0.1, 0.15) is 12.0 Å². The minimum atomic E-state index is -4.82. The normalized spacial score (nSPS) is 12.6. The molecule has 7 nitrogen and oxygen atoms in total. The van der Waals surface area contributed by atoms with Gasteiger partial charge in [0.2, 0.25) is 10.0 Å². The molecular weight excluding hydrogens is 329 g/mol. The van der Waals surface area contributed by atoms with Gasteiger partial charge in [-0.1, -0.05) is 0 Å². The summed E-state index contributed by atoms with van der Waals surface area (Å²) < 4.78 is 62.8. The SMILES string of the molecule is CN(CCCO)S(=O)(=O)c1ccc(C(F)(F)F)cc1[N+](=O)[O-]. The van der Waals surface area contributed by atoms with Crippen molar-refractivity contribution in [2.75, 3.05) is 20.2 Å². The Hall–Kier alpha value is -1.72. The Bertz CT molecular complexity index is 660. The van der Waals surface area contributed by atoms with E-state index < -0.39 is 37.3 Å². The number of hydrogen-bond donors (Lipinski definition) is 1. The van der Waals surface area contributed by atoms with Gasteiger partial charge in [0, 0.05) is 26.3 Å². The lowest BCUT2D eigenvalue weighted by Gasteiger charge is -2.17. The van der Waals surface area contributed by atoms with Gasteiger partial charge in [-0.05, 0) is 18.6 Å². The molecule has 0 bridgehead atoms. The molecule has 0 heterocycles. The third-order valence-corrected chi connectivity index (χ3v) is 4.71. The van der Waals surface area contributed by atoms with Crippen molar-refractivity contribution in [2.24, 2.45) is 0 Å². The van der Waals surface area contributed by atoms with Gasteiger partial charge in [0.05, 0.1) is 10.5 Å². The van der Waals surface area contributed by atoms with E-state index in [2.05, 4.69) is 0 Å². The molecule has 0 aliphatic heterocycles. The Morgan fingerprint density at radius 1 is 1.36 bits per heavy atom. The average Bonchev–Trinajstić information content (AvgIpc) is 2.42. The molecule has 0 fully saturated rings. The fraction of sp³-hybridized carbons (Fsp3) is 0.455. The van der Waals surface area contributed by atoms with Crippen LogP contribution in [-0.4, -0.2) is 43.0 Å². The summed E-state index contributed by atoms with van der Waals surface area (Å²) >= 11 is 0. The highest BCUT2D eigenvalue weighted by atomic mass is 32.2. The lowest BCUT2D eigenvalue weighted by Crippen LogP contribution is -2.29. The summed E-state index contributed by atoms with van der Waals surface area (Å²) in [7, 11) is -3.22. The lowest BCUT2D eigenvalue weighted by molar-refractivity contribution is -0.388. The Morgan fingerprint density at radius 3 is 2.41 bits per heavy atom. The van der Waals surface area contributed by atoms with Crippen molar-refractivity contribution in [1.82, 2.24) is 4.31 Å². The zero-order valence-corrected chi connectivity index (χ0v) is 12.2. The van der Waals surface area contributed by atoms with Crippen molar-refractivity contribution in [3.05, 3.63) is 33.9 Å². The van der Waals surface area contributed by atoms with Crippen LogP contribution in [0.3, 0.4) is 0 Å². The van der Waals surface area contributed by atoms with Crippen LogP contribution in [0.25, 0.3) is 0 Å². The number of alkyl halides is 3. The van der Waals surface area contributed by atoms with Crippen LogP contribution in [0.2, 0.25) is 0 Å². The molecule has 22 heavy (non-hydrogen) atoms. The molecule has 1 rings (SSSR count). The maximum atomic E-state index is 12.6. The first kappa shape index (κ1) is 18.3. The fourth-order valence-corrected chi connectivity index (χ4v) is 2.98. The first-order chi connectivity index (χ1) is 10.0. The minimum Gasteiger partial charge on any atom is -0.396 e. The highest BCUT2D eigenvalue weighted by molar-refractivity contribution is 7.89. The van der Waals surface area contributed by atoms with Gasteiger partial charge in [0.25, 0.3) is 5.69 Å². The maximum Gasteiger partial charge on any atom is 0.416 e. The number of aliphatic hydroxyl groups is 1. The standard InChI is InChI=1S/C11H13F3N2O5S/c1-15(5-2-6-17)22(20,21)10-4-3-8(11(12,13)14)7-9(10)16(18)19/h3-4,7,17H,2,5-6H2,1H3. The summed E-state index contributed by atoms with van der Waals surface area (Å²) in [6.07, 6.45) is -4.74. The van der Waals surface area contributed by atoms with Crippen LogP contribution in [0.5, 0.6) is 0 Å². The van der Waals surface area contributed by atoms with E-state index in [0.29, 0.717) is 12.1 Å². The number of hydrogen-bond acceptors (Lipinski definition) is 5. The van der Waals surface area contributed by atoms with E-state index in [9.17, 15) is 31.7 Å². The van der Waals surface area contributed by atoms with E-state index in [0.717, 1.165) is 11.4 Å². The minimum absolute atomic E-state index is 0.0875. The Labute approximate surface area is 124 Å². The van der Waals surface area contributed by atoms with Crippen LogP contribution in [0.4, 0.5) is 18.9 Å². The molecule has 0 aromatic heterocycles. The lowest BCUT2D eigenvalue weighted by atomic mass is 10.2. The Balaban J connectivity index is 3.38. The highest BCUT2D eigenvalue weighted by Gasteiger charge is 2.36. The molecule has 0 radical (unpaired) electrons. The van der Waals surface area contributed by atoms with Crippen molar-refractivity contribution in [1.29, 1.82) is 0 Å². The molecule has 0 aliphatic rings. The van der Waals surface area contributed by atoms with Gasteiger partial charge in [0.1, 0.15) is 0 Å². The third-order valence-electron chi connectivity index (χ3n) is 2.80. The second kappa shape index (κ2) is 6.58. The van der Waals surface area contributed by atoms with E-state index in [4.69, 9.17) is 5.11 Å². The molecule has 0 amide bonds. The number of rotatable bonds is 6. The second-order valence-electron chi connectivity index (χ2n) is 4.34. The zero-order chi connectivity index (χ0) is 17.1. The number of benzene rings is 1. The van der Waals surface area contributed by atoms with Crippen LogP contribution in [0, 0.1) is 10.1 Å². The van der Waals surface area contributed by atoms with Crippen molar-refractivity contribution < 1.29 is 31.6 Å². The van der Waals surface area contributed by atoms with Crippen LogP contribution in [0.15, 0.2) is 23.1 Å². The number of nitro benzene ring substituents is 1. The molecule has 0 saturated heterocycles. The molecule has 0 unspecified atom stereocenters. The third kappa shape index (κ3) is 3.93. The Morgan fingerprint density at radius 2 is 1.95 bits per heavy atom. The van der Waals surface area contributed by atoms with Crippen molar-refractivity contribution in [3.63, 3.8) is 0 Å². The van der Waals surface area contributed by atoms with E-state index in [-0.39, 0.29) is 25.6 Å². The molecule has 1 aromatic rings. The first-order valence-electron chi connectivity index (χ1n) is 5.94. The summed E-state index contributed by atoms with van der Waals surface area (Å²) in [5.74, 6) is 0. The quantitative estimate of drug-likeness (QED) is 0.625. The van der Waals surface area contributed by atoms with Crippen molar-refractivity contribution in [2.45, 2.75) is 17.5 Å². The van der Waals surface area contributed by atoms with Gasteiger partial charge in [-0.15, -0.1) is 0 Å². The van der Waals surface area contributed by atoms with Gasteiger partial charge in [-0.25, -0.2) is 12.7 Å².